The Kier molecular flexibility index (Phi) is 3.35. The molecule has 0 bridgehead atoms. The van der Waals surface area contributed by atoms with E-state index < -0.39 is 11.6 Å². The lowest BCUT2D eigenvalue weighted by Gasteiger charge is -2.49. The van der Waals surface area contributed by atoms with Gasteiger partial charge in [0.25, 0.3) is 0 Å². The van der Waals surface area contributed by atoms with E-state index in [1.165, 1.54) is 0 Å². The van der Waals surface area contributed by atoms with Crippen molar-refractivity contribution in [1.82, 2.24) is 14.5 Å². The fraction of sp³-hybridized carbons (Fsp3) is 0.471. The number of hydrogen-bond acceptors (Lipinski definition) is 4. The van der Waals surface area contributed by atoms with Gasteiger partial charge in [-0.05, 0) is 31.0 Å². The number of hydrogen-bond donors (Lipinski definition) is 1. The average Bonchev–Trinajstić information content (AvgIpc) is 3.32. The van der Waals surface area contributed by atoms with Crippen molar-refractivity contribution in [1.29, 1.82) is 0 Å². The van der Waals surface area contributed by atoms with Crippen LogP contribution in [0.1, 0.15) is 23.2 Å². The minimum absolute atomic E-state index is 0.215. The summed E-state index contributed by atoms with van der Waals surface area (Å²) in [6.07, 6.45) is 3.70. The molecule has 1 saturated carbocycles. The summed E-state index contributed by atoms with van der Waals surface area (Å²) in [4.78, 5) is 29.5. The van der Waals surface area contributed by atoms with Gasteiger partial charge in [-0.1, -0.05) is 0 Å². The average molecular weight is 329 g/mol. The third kappa shape index (κ3) is 2.45. The molecule has 1 N–H and O–H groups in total. The lowest BCUT2D eigenvalue weighted by atomic mass is 9.92. The minimum atomic E-state index is -0.962. The molecule has 7 nitrogen and oxygen atoms in total. The third-order valence-electron chi connectivity index (χ3n) is 4.96. The fourth-order valence-corrected chi connectivity index (χ4v) is 3.31. The molecule has 1 saturated heterocycles. The van der Waals surface area contributed by atoms with Crippen LogP contribution in [0.4, 0.5) is 0 Å². The Morgan fingerprint density at radius 2 is 2.12 bits per heavy atom. The van der Waals surface area contributed by atoms with Gasteiger partial charge in [-0.15, -0.1) is 0 Å². The number of aromatic nitrogens is 2. The summed E-state index contributed by atoms with van der Waals surface area (Å²) in [5.74, 6) is -0.519. The molecule has 1 amide bonds. The van der Waals surface area contributed by atoms with E-state index in [1.54, 1.807) is 31.6 Å². The molecule has 0 spiro atoms. The van der Waals surface area contributed by atoms with Crippen molar-refractivity contribution in [3.8, 4) is 0 Å². The molecule has 2 heterocycles. The van der Waals surface area contributed by atoms with E-state index in [0.717, 1.165) is 23.9 Å². The maximum absolute atomic E-state index is 12.1. The zero-order valence-electron chi connectivity index (χ0n) is 13.4. The highest BCUT2D eigenvalue weighted by Crippen LogP contribution is 2.36. The van der Waals surface area contributed by atoms with E-state index in [1.807, 2.05) is 9.47 Å². The second kappa shape index (κ2) is 5.31. The van der Waals surface area contributed by atoms with Crippen LogP contribution in [-0.4, -0.2) is 57.2 Å². The Labute approximate surface area is 138 Å². The molecule has 1 aliphatic carbocycles. The molecular formula is C17H19N3O4. The normalized spacial score (nSPS) is 19.3. The summed E-state index contributed by atoms with van der Waals surface area (Å²) in [6.45, 7) is 1.67. The number of likely N-dealkylation sites (tertiary alicyclic amines) is 1. The van der Waals surface area contributed by atoms with Crippen LogP contribution in [0, 0.1) is 5.92 Å². The summed E-state index contributed by atoms with van der Waals surface area (Å²) in [5, 5.41) is 9.16. The quantitative estimate of drug-likeness (QED) is 0.895. The Balaban J connectivity index is 1.55. The molecule has 24 heavy (non-hydrogen) atoms. The number of carboxylic acids is 1. The van der Waals surface area contributed by atoms with Gasteiger partial charge in [0.2, 0.25) is 5.91 Å². The SMILES string of the molecule is COC1(Cn2cnc3ccc(C(=O)O)cc32)CN(C(=O)C2CC2)C1. The van der Waals surface area contributed by atoms with E-state index in [-0.39, 0.29) is 17.4 Å². The summed E-state index contributed by atoms with van der Waals surface area (Å²) in [6, 6.07) is 4.88. The van der Waals surface area contributed by atoms with Crippen molar-refractivity contribution in [2.75, 3.05) is 20.2 Å². The number of carbonyl (C=O) groups excluding carboxylic acids is 1. The van der Waals surface area contributed by atoms with E-state index in [4.69, 9.17) is 9.84 Å². The number of amides is 1. The Hall–Kier alpha value is -2.41. The topological polar surface area (TPSA) is 84.7 Å². The molecule has 7 heteroatoms. The highest BCUT2D eigenvalue weighted by atomic mass is 16.5. The summed E-state index contributed by atoms with van der Waals surface area (Å²) in [7, 11) is 1.65. The van der Waals surface area contributed by atoms with Gasteiger partial charge in [-0.25, -0.2) is 9.78 Å². The lowest BCUT2D eigenvalue weighted by Crippen LogP contribution is -2.66. The third-order valence-corrected chi connectivity index (χ3v) is 4.96. The number of methoxy groups -OCH3 is 1. The lowest BCUT2D eigenvalue weighted by molar-refractivity contribution is -0.166. The molecule has 1 aliphatic heterocycles. The van der Waals surface area contributed by atoms with E-state index in [9.17, 15) is 9.59 Å². The molecule has 4 rings (SSSR count). The number of nitrogens with zero attached hydrogens (tertiary/aromatic N) is 3. The van der Waals surface area contributed by atoms with Crippen molar-refractivity contribution in [2.45, 2.75) is 25.0 Å². The number of benzene rings is 1. The maximum Gasteiger partial charge on any atom is 0.335 e. The molecule has 0 atom stereocenters. The van der Waals surface area contributed by atoms with Crippen LogP contribution >= 0.6 is 0 Å². The number of imidazole rings is 1. The number of carbonyl (C=O) groups is 2. The van der Waals surface area contributed by atoms with E-state index >= 15 is 0 Å². The fourth-order valence-electron chi connectivity index (χ4n) is 3.31. The maximum atomic E-state index is 12.1. The first-order valence-electron chi connectivity index (χ1n) is 8.03. The highest BCUT2D eigenvalue weighted by Gasteiger charge is 2.48. The van der Waals surface area contributed by atoms with Crippen LogP contribution in [0.25, 0.3) is 11.0 Å². The zero-order chi connectivity index (χ0) is 16.9. The predicted molar refractivity (Wildman–Crippen MR) is 85.7 cm³/mol. The molecule has 2 aliphatic rings. The largest absolute Gasteiger partial charge is 0.478 e. The van der Waals surface area contributed by atoms with Crippen molar-refractivity contribution in [3.05, 3.63) is 30.1 Å². The number of fused-ring (bicyclic) bond motifs is 1. The van der Waals surface area contributed by atoms with Crippen molar-refractivity contribution in [2.24, 2.45) is 5.92 Å². The summed E-state index contributed by atoms with van der Waals surface area (Å²) >= 11 is 0. The number of rotatable bonds is 5. The molecule has 2 fully saturated rings. The smallest absolute Gasteiger partial charge is 0.335 e. The van der Waals surface area contributed by atoms with E-state index in [0.29, 0.717) is 19.6 Å². The molecule has 1 aromatic carbocycles. The van der Waals surface area contributed by atoms with E-state index in [2.05, 4.69) is 4.98 Å². The van der Waals surface area contributed by atoms with Crippen LogP contribution in [0.2, 0.25) is 0 Å². The van der Waals surface area contributed by atoms with Crippen LogP contribution in [-0.2, 0) is 16.1 Å². The molecule has 0 radical (unpaired) electrons. The first kappa shape index (κ1) is 15.1. The molecule has 1 aromatic heterocycles. The van der Waals surface area contributed by atoms with Gasteiger partial charge in [0.05, 0.1) is 42.6 Å². The first-order chi connectivity index (χ1) is 11.5. The van der Waals surface area contributed by atoms with Gasteiger partial charge in [0.1, 0.15) is 5.60 Å². The van der Waals surface area contributed by atoms with Gasteiger partial charge in [0, 0.05) is 13.0 Å². The van der Waals surface area contributed by atoms with Gasteiger partial charge in [0.15, 0.2) is 0 Å². The highest BCUT2D eigenvalue weighted by molar-refractivity contribution is 5.92. The molecule has 2 aromatic rings. The second-order valence-corrected chi connectivity index (χ2v) is 6.74. The monoisotopic (exact) mass is 329 g/mol. The number of ether oxygens (including phenoxy) is 1. The molecular weight excluding hydrogens is 310 g/mol. The summed E-state index contributed by atoms with van der Waals surface area (Å²) < 4.78 is 7.60. The van der Waals surface area contributed by atoms with Gasteiger partial charge < -0.3 is 19.3 Å². The first-order valence-corrected chi connectivity index (χ1v) is 8.03. The van der Waals surface area contributed by atoms with Gasteiger partial charge >= 0.3 is 5.97 Å². The second-order valence-electron chi connectivity index (χ2n) is 6.74. The van der Waals surface area contributed by atoms with Gasteiger partial charge in [-0.3, -0.25) is 4.79 Å². The van der Waals surface area contributed by atoms with Crippen molar-refractivity contribution in [3.63, 3.8) is 0 Å². The predicted octanol–water partition coefficient (Wildman–Crippen LogP) is 1.37. The number of aromatic carboxylic acids is 1. The van der Waals surface area contributed by atoms with Crippen LogP contribution in [0.5, 0.6) is 0 Å². The summed E-state index contributed by atoms with van der Waals surface area (Å²) in [5.41, 5.74) is 1.31. The zero-order valence-corrected chi connectivity index (χ0v) is 13.4. The van der Waals surface area contributed by atoms with Crippen LogP contribution in [0.15, 0.2) is 24.5 Å². The van der Waals surface area contributed by atoms with Crippen molar-refractivity contribution < 1.29 is 19.4 Å². The van der Waals surface area contributed by atoms with Crippen LogP contribution < -0.4 is 0 Å². The van der Waals surface area contributed by atoms with Crippen LogP contribution in [0.3, 0.4) is 0 Å². The Morgan fingerprint density at radius 3 is 2.75 bits per heavy atom. The molecule has 126 valence electrons. The minimum Gasteiger partial charge on any atom is -0.478 e. The molecule has 0 unspecified atom stereocenters. The number of carboxylic acid groups (broad SMARTS) is 1. The van der Waals surface area contributed by atoms with Gasteiger partial charge in [-0.2, -0.15) is 0 Å². The standard InChI is InChI=1S/C17H19N3O4/c1-24-17(7-19(8-17)15(21)11-2-3-11)9-20-10-18-13-5-4-12(16(22)23)6-14(13)20/h4-6,10-11H,2-3,7-9H2,1H3,(H,22,23). The van der Waals surface area contributed by atoms with Crippen molar-refractivity contribution >= 4 is 22.9 Å². The Morgan fingerprint density at radius 1 is 1.38 bits per heavy atom. The Bertz CT molecular complexity index is 818.